The summed E-state index contributed by atoms with van der Waals surface area (Å²) >= 11 is 0. The zero-order valence-corrected chi connectivity index (χ0v) is 21.1. The molecule has 0 saturated carbocycles. The van der Waals surface area contributed by atoms with E-state index in [1.165, 1.54) is 4.90 Å². The van der Waals surface area contributed by atoms with Gasteiger partial charge in [0.15, 0.2) is 6.04 Å². The molecule has 9 heteroatoms. The van der Waals surface area contributed by atoms with Crippen LogP contribution in [0, 0.1) is 5.92 Å². The van der Waals surface area contributed by atoms with Gasteiger partial charge in [-0.15, -0.1) is 0 Å². The van der Waals surface area contributed by atoms with Crippen LogP contribution in [0.25, 0.3) is 0 Å². The second-order valence-corrected chi connectivity index (χ2v) is 9.24. The van der Waals surface area contributed by atoms with Crippen molar-refractivity contribution in [2.45, 2.75) is 26.3 Å². The summed E-state index contributed by atoms with van der Waals surface area (Å²) in [6, 6.07) is 12.3. The molecule has 0 fully saturated rings. The number of fused-ring (bicyclic) bond motifs is 1. The van der Waals surface area contributed by atoms with Gasteiger partial charge in [-0.1, -0.05) is 26.0 Å². The normalized spacial score (nSPS) is 15.5. The first-order valence-corrected chi connectivity index (χ1v) is 11.8. The van der Waals surface area contributed by atoms with E-state index in [1.807, 2.05) is 37.2 Å². The highest BCUT2D eigenvalue weighted by Gasteiger charge is 2.42. The maximum atomic E-state index is 13.9. The van der Waals surface area contributed by atoms with Crippen molar-refractivity contribution in [2.24, 2.45) is 5.92 Å². The topological polar surface area (TPSA) is 94.2 Å². The molecule has 0 radical (unpaired) electrons. The van der Waals surface area contributed by atoms with Gasteiger partial charge in [0.25, 0.3) is 11.8 Å². The summed E-state index contributed by atoms with van der Waals surface area (Å²) in [4.78, 5) is 45.5. The number of hydrogen-bond acceptors (Lipinski definition) is 5. The number of urea groups is 1. The number of para-hydroxylation sites is 2. The Labute approximate surface area is 207 Å². The predicted octanol–water partition coefficient (Wildman–Crippen LogP) is 3.49. The number of nitrogens with zero attached hydrogens (tertiary/aromatic N) is 3. The van der Waals surface area contributed by atoms with Crippen LogP contribution in [0.4, 0.5) is 21.9 Å². The van der Waals surface area contributed by atoms with E-state index in [4.69, 9.17) is 4.74 Å². The molecule has 1 atom stereocenters. The molecule has 0 aromatic heterocycles. The number of likely N-dealkylation sites (N-methyl/N-ethyl adjacent to an activating group) is 1. The molecule has 9 nitrogen and oxygen atoms in total. The number of carbonyl (C=O) groups excluding carboxylic acids is 3. The van der Waals surface area contributed by atoms with Gasteiger partial charge in [-0.05, 0) is 62.8 Å². The number of methoxy groups -OCH3 is 1. The monoisotopic (exact) mass is 481 g/mol. The van der Waals surface area contributed by atoms with Crippen LogP contribution in [0.15, 0.2) is 48.5 Å². The summed E-state index contributed by atoms with van der Waals surface area (Å²) in [6.07, 6.45) is 0.761. The molecule has 188 valence electrons. The second-order valence-electron chi connectivity index (χ2n) is 9.24. The Kier molecular flexibility index (Phi) is 8.70. The number of rotatable bonds is 9. The highest BCUT2D eigenvalue weighted by atomic mass is 16.5. The summed E-state index contributed by atoms with van der Waals surface area (Å²) in [5.74, 6) is 0.0720. The van der Waals surface area contributed by atoms with Crippen LogP contribution in [-0.2, 0) is 9.59 Å². The van der Waals surface area contributed by atoms with Gasteiger partial charge < -0.3 is 30.1 Å². The molecule has 0 saturated heterocycles. The van der Waals surface area contributed by atoms with Gasteiger partial charge in [-0.25, -0.2) is 4.79 Å². The zero-order valence-electron chi connectivity index (χ0n) is 21.1. The van der Waals surface area contributed by atoms with Crippen molar-refractivity contribution >= 4 is 34.9 Å². The molecular weight excluding hydrogens is 446 g/mol. The number of anilines is 3. The maximum Gasteiger partial charge on any atom is 0.322 e. The van der Waals surface area contributed by atoms with Crippen LogP contribution in [0.2, 0.25) is 0 Å². The molecule has 1 heterocycles. The second kappa shape index (κ2) is 11.7. The summed E-state index contributed by atoms with van der Waals surface area (Å²) in [5.41, 5.74) is 1.73. The molecule has 0 aliphatic carbocycles. The van der Waals surface area contributed by atoms with E-state index in [2.05, 4.69) is 24.5 Å². The lowest BCUT2D eigenvalue weighted by atomic mass is 10.1. The predicted molar refractivity (Wildman–Crippen MR) is 138 cm³/mol. The number of ether oxygens (including phenoxy) is 1. The van der Waals surface area contributed by atoms with E-state index in [-0.39, 0.29) is 6.54 Å². The highest BCUT2D eigenvalue weighted by molar-refractivity contribution is 6.20. The highest BCUT2D eigenvalue weighted by Crippen LogP contribution is 2.31. The Bertz CT molecular complexity index is 1040. The van der Waals surface area contributed by atoms with E-state index < -0.39 is 23.9 Å². The van der Waals surface area contributed by atoms with Crippen LogP contribution in [0.5, 0.6) is 5.75 Å². The lowest BCUT2D eigenvalue weighted by Gasteiger charge is -2.32. The third kappa shape index (κ3) is 6.51. The molecule has 1 unspecified atom stereocenters. The fraction of sp³-hybridized carbons (Fsp3) is 0.423. The van der Waals surface area contributed by atoms with Crippen molar-refractivity contribution in [1.29, 1.82) is 0 Å². The average Bonchev–Trinajstić information content (AvgIpc) is 2.92. The molecule has 4 amide bonds. The SMILES string of the molecule is COc1ccc(NC(=O)N(CCN(C)C)C2C(=O)Nc3ccccc3N(CCC(C)C)C2=O)cc1. The third-order valence-corrected chi connectivity index (χ3v) is 5.83. The molecule has 3 rings (SSSR count). The van der Waals surface area contributed by atoms with Crippen molar-refractivity contribution in [3.63, 3.8) is 0 Å². The lowest BCUT2D eigenvalue weighted by molar-refractivity contribution is -0.131. The Hall–Kier alpha value is -3.59. The van der Waals surface area contributed by atoms with Gasteiger partial charge in [-0.2, -0.15) is 0 Å². The third-order valence-electron chi connectivity index (χ3n) is 5.83. The Morgan fingerprint density at radius 3 is 2.40 bits per heavy atom. The van der Waals surface area contributed by atoms with Gasteiger partial charge in [0, 0.05) is 25.3 Å². The fourth-order valence-electron chi connectivity index (χ4n) is 3.81. The summed E-state index contributed by atoms with van der Waals surface area (Å²) in [5, 5.41) is 5.69. The quantitative estimate of drug-likeness (QED) is 0.535. The van der Waals surface area contributed by atoms with E-state index in [0.29, 0.717) is 41.8 Å². The molecular formula is C26H35N5O4. The first-order valence-electron chi connectivity index (χ1n) is 11.8. The molecule has 1 aliphatic rings. The van der Waals surface area contributed by atoms with Crippen LogP contribution in [-0.4, -0.2) is 74.5 Å². The van der Waals surface area contributed by atoms with Gasteiger partial charge in [0.2, 0.25) is 0 Å². The molecule has 2 N–H and O–H groups in total. The summed E-state index contributed by atoms with van der Waals surface area (Å²) in [7, 11) is 5.31. The van der Waals surface area contributed by atoms with Crippen LogP contribution in [0.3, 0.4) is 0 Å². The number of nitrogens with one attached hydrogen (secondary N) is 2. The van der Waals surface area contributed by atoms with Crippen molar-refractivity contribution in [2.75, 3.05) is 56.4 Å². The van der Waals surface area contributed by atoms with E-state index in [9.17, 15) is 14.4 Å². The minimum atomic E-state index is -1.31. The number of amides is 4. The first-order chi connectivity index (χ1) is 16.7. The van der Waals surface area contributed by atoms with Crippen molar-refractivity contribution < 1.29 is 19.1 Å². The Morgan fingerprint density at radius 1 is 1.09 bits per heavy atom. The standard InChI is InChI=1S/C26H35N5O4/c1-18(2)14-15-30-22-9-7-6-8-21(22)28-24(32)23(25(30)33)31(17-16-29(3)4)26(34)27-19-10-12-20(35-5)13-11-19/h6-13,18,23H,14-17H2,1-5H3,(H,27,34)(H,28,32). The molecule has 35 heavy (non-hydrogen) atoms. The van der Waals surface area contributed by atoms with Crippen molar-refractivity contribution in [3.8, 4) is 5.75 Å². The van der Waals surface area contributed by atoms with Crippen LogP contribution < -0.4 is 20.3 Å². The number of benzene rings is 2. The van der Waals surface area contributed by atoms with Gasteiger partial charge >= 0.3 is 6.03 Å². The van der Waals surface area contributed by atoms with E-state index in [1.54, 1.807) is 42.3 Å². The minimum Gasteiger partial charge on any atom is -0.497 e. The van der Waals surface area contributed by atoms with Gasteiger partial charge in [0.1, 0.15) is 5.75 Å². The lowest BCUT2D eigenvalue weighted by Crippen LogP contribution is -2.57. The molecule has 0 bridgehead atoms. The van der Waals surface area contributed by atoms with Crippen LogP contribution in [0.1, 0.15) is 20.3 Å². The minimum absolute atomic E-state index is 0.188. The largest absolute Gasteiger partial charge is 0.497 e. The van der Waals surface area contributed by atoms with Crippen molar-refractivity contribution in [1.82, 2.24) is 9.80 Å². The van der Waals surface area contributed by atoms with Crippen LogP contribution >= 0.6 is 0 Å². The van der Waals surface area contributed by atoms with E-state index >= 15 is 0 Å². The first kappa shape index (κ1) is 26.0. The molecule has 2 aromatic rings. The number of hydrogen-bond donors (Lipinski definition) is 2. The molecule has 1 aliphatic heterocycles. The van der Waals surface area contributed by atoms with Gasteiger partial charge in [-0.3, -0.25) is 9.59 Å². The summed E-state index contributed by atoms with van der Waals surface area (Å²) < 4.78 is 5.17. The molecule has 0 spiro atoms. The zero-order chi connectivity index (χ0) is 25.5. The smallest absolute Gasteiger partial charge is 0.322 e. The molecule has 2 aromatic carbocycles. The van der Waals surface area contributed by atoms with Gasteiger partial charge in [0.05, 0.1) is 18.5 Å². The fourth-order valence-corrected chi connectivity index (χ4v) is 3.81. The average molecular weight is 482 g/mol. The van der Waals surface area contributed by atoms with E-state index in [0.717, 1.165) is 6.42 Å². The maximum absolute atomic E-state index is 13.9. The number of carbonyl (C=O) groups is 3. The Balaban J connectivity index is 1.95. The Morgan fingerprint density at radius 2 is 1.77 bits per heavy atom. The summed E-state index contributed by atoms with van der Waals surface area (Å²) in [6.45, 7) is 5.28. The van der Waals surface area contributed by atoms with Crippen molar-refractivity contribution in [3.05, 3.63) is 48.5 Å².